The Morgan fingerprint density at radius 2 is 1.71 bits per heavy atom. The fraction of sp³-hybridized carbons (Fsp3) is 0.360. The van der Waals surface area contributed by atoms with Crippen LogP contribution in [0.25, 0.3) is 5.69 Å². The van der Waals surface area contributed by atoms with Crippen LogP contribution < -0.4 is 5.32 Å². The lowest BCUT2D eigenvalue weighted by Gasteiger charge is -2.30. The SMILES string of the molecule is Cc1nn(-c2ccccc2)c(Cl)c1C(=O)NCc1ccc(CN2CCC(C)CC2)cc1. The lowest BCUT2D eigenvalue weighted by atomic mass is 9.99. The molecular weight excluding hydrogens is 408 g/mol. The number of hydrogen-bond donors (Lipinski definition) is 1. The number of amides is 1. The Balaban J connectivity index is 1.36. The van der Waals surface area contributed by atoms with Gasteiger partial charge in [0.1, 0.15) is 5.15 Å². The molecule has 6 heteroatoms. The first kappa shape index (κ1) is 21.6. The average Bonchev–Trinajstić information content (AvgIpc) is 3.09. The van der Waals surface area contributed by atoms with Gasteiger partial charge < -0.3 is 5.32 Å². The van der Waals surface area contributed by atoms with Gasteiger partial charge in [0.2, 0.25) is 0 Å². The highest BCUT2D eigenvalue weighted by molar-refractivity contribution is 6.33. The quantitative estimate of drug-likeness (QED) is 0.591. The second kappa shape index (κ2) is 9.67. The van der Waals surface area contributed by atoms with Gasteiger partial charge in [0, 0.05) is 13.1 Å². The summed E-state index contributed by atoms with van der Waals surface area (Å²) in [4.78, 5) is 15.3. The van der Waals surface area contributed by atoms with Crippen molar-refractivity contribution in [2.24, 2.45) is 5.92 Å². The molecule has 1 aliphatic heterocycles. The summed E-state index contributed by atoms with van der Waals surface area (Å²) in [6.45, 7) is 7.93. The number of carbonyl (C=O) groups is 1. The Bertz CT molecular complexity index is 1020. The minimum atomic E-state index is -0.212. The monoisotopic (exact) mass is 436 g/mol. The molecule has 0 unspecified atom stereocenters. The molecular formula is C25H29ClN4O. The fourth-order valence-electron chi connectivity index (χ4n) is 4.01. The predicted octanol–water partition coefficient (Wildman–Crippen LogP) is 5.00. The highest BCUT2D eigenvalue weighted by Gasteiger charge is 2.21. The van der Waals surface area contributed by atoms with Crippen molar-refractivity contribution in [3.05, 3.63) is 82.1 Å². The van der Waals surface area contributed by atoms with Crippen molar-refractivity contribution in [2.45, 2.75) is 39.8 Å². The predicted molar refractivity (Wildman–Crippen MR) is 125 cm³/mol. The standard InChI is InChI=1S/C25H29ClN4O/c1-18-12-14-29(15-13-18)17-21-10-8-20(9-11-21)16-27-25(31)23-19(2)28-30(24(23)26)22-6-4-3-5-7-22/h3-11,18H,12-17H2,1-2H3,(H,27,31). The van der Waals surface area contributed by atoms with Crippen LogP contribution in [0.15, 0.2) is 54.6 Å². The average molecular weight is 437 g/mol. The Labute approximate surface area is 189 Å². The number of nitrogens with one attached hydrogen (secondary N) is 1. The van der Waals surface area contributed by atoms with Crippen molar-refractivity contribution in [2.75, 3.05) is 13.1 Å². The lowest BCUT2D eigenvalue weighted by molar-refractivity contribution is 0.0950. The van der Waals surface area contributed by atoms with E-state index in [-0.39, 0.29) is 5.91 Å². The number of likely N-dealkylation sites (tertiary alicyclic amines) is 1. The zero-order chi connectivity index (χ0) is 21.8. The first-order valence-corrected chi connectivity index (χ1v) is 11.3. The van der Waals surface area contributed by atoms with E-state index in [2.05, 4.69) is 46.5 Å². The Morgan fingerprint density at radius 1 is 1.06 bits per heavy atom. The van der Waals surface area contributed by atoms with Gasteiger partial charge in [-0.05, 0) is 62.0 Å². The molecule has 2 aromatic carbocycles. The molecule has 162 valence electrons. The van der Waals surface area contributed by atoms with Crippen molar-refractivity contribution >= 4 is 17.5 Å². The third kappa shape index (κ3) is 5.17. The molecule has 0 atom stereocenters. The molecule has 2 heterocycles. The normalized spacial score (nSPS) is 15.2. The van der Waals surface area contributed by atoms with Crippen LogP contribution in [0.3, 0.4) is 0 Å². The first-order valence-electron chi connectivity index (χ1n) is 10.9. The van der Waals surface area contributed by atoms with Crippen LogP contribution >= 0.6 is 11.6 Å². The molecule has 1 aromatic heterocycles. The van der Waals surface area contributed by atoms with Crippen molar-refractivity contribution in [1.82, 2.24) is 20.0 Å². The number of aryl methyl sites for hydroxylation is 1. The summed E-state index contributed by atoms with van der Waals surface area (Å²) in [5, 5.41) is 7.75. The van der Waals surface area contributed by atoms with E-state index in [0.717, 1.165) is 23.7 Å². The van der Waals surface area contributed by atoms with Crippen LogP contribution in [-0.4, -0.2) is 33.7 Å². The van der Waals surface area contributed by atoms with Gasteiger partial charge in [-0.2, -0.15) is 5.10 Å². The van der Waals surface area contributed by atoms with Crippen molar-refractivity contribution in [1.29, 1.82) is 0 Å². The van der Waals surface area contributed by atoms with E-state index in [0.29, 0.717) is 23.0 Å². The minimum Gasteiger partial charge on any atom is -0.348 e. The molecule has 5 nitrogen and oxygen atoms in total. The summed E-state index contributed by atoms with van der Waals surface area (Å²) >= 11 is 6.50. The number of benzene rings is 2. The number of aromatic nitrogens is 2. The number of rotatable bonds is 6. The molecule has 1 fully saturated rings. The van der Waals surface area contributed by atoms with Crippen LogP contribution in [0, 0.1) is 12.8 Å². The van der Waals surface area contributed by atoms with E-state index >= 15 is 0 Å². The first-order chi connectivity index (χ1) is 15.0. The van der Waals surface area contributed by atoms with Crippen LogP contribution in [-0.2, 0) is 13.1 Å². The fourth-order valence-corrected chi connectivity index (χ4v) is 4.37. The number of piperidine rings is 1. The van der Waals surface area contributed by atoms with Crippen molar-refractivity contribution in [3.8, 4) is 5.69 Å². The van der Waals surface area contributed by atoms with Crippen molar-refractivity contribution < 1.29 is 4.79 Å². The van der Waals surface area contributed by atoms with E-state index < -0.39 is 0 Å². The van der Waals surface area contributed by atoms with Crippen LogP contribution in [0.5, 0.6) is 0 Å². The maximum atomic E-state index is 12.8. The number of para-hydroxylation sites is 1. The summed E-state index contributed by atoms with van der Waals surface area (Å²) in [6.07, 6.45) is 2.57. The summed E-state index contributed by atoms with van der Waals surface area (Å²) in [6, 6.07) is 18.1. The van der Waals surface area contributed by atoms with E-state index in [1.54, 1.807) is 11.6 Å². The second-order valence-electron chi connectivity index (χ2n) is 8.46. The van der Waals surface area contributed by atoms with Gasteiger partial charge in [0.25, 0.3) is 5.91 Å². The molecule has 0 bridgehead atoms. The van der Waals surface area contributed by atoms with Crippen LogP contribution in [0.4, 0.5) is 0 Å². The molecule has 0 saturated carbocycles. The number of hydrogen-bond acceptors (Lipinski definition) is 3. The van der Waals surface area contributed by atoms with E-state index in [1.165, 1.54) is 31.5 Å². The molecule has 1 amide bonds. The van der Waals surface area contributed by atoms with Gasteiger partial charge in [0.05, 0.1) is 16.9 Å². The van der Waals surface area contributed by atoms with Crippen LogP contribution in [0.1, 0.15) is 46.9 Å². The van der Waals surface area contributed by atoms with Gasteiger partial charge in [-0.15, -0.1) is 0 Å². The Kier molecular flexibility index (Phi) is 6.73. The molecule has 1 N–H and O–H groups in total. The molecule has 1 aliphatic rings. The van der Waals surface area contributed by atoms with E-state index in [9.17, 15) is 4.79 Å². The second-order valence-corrected chi connectivity index (χ2v) is 8.81. The maximum absolute atomic E-state index is 12.8. The third-order valence-corrected chi connectivity index (χ3v) is 6.34. The van der Waals surface area contributed by atoms with E-state index in [4.69, 9.17) is 11.6 Å². The Hall–Kier alpha value is -2.63. The summed E-state index contributed by atoms with van der Waals surface area (Å²) < 4.78 is 1.60. The van der Waals surface area contributed by atoms with Crippen LogP contribution in [0.2, 0.25) is 5.15 Å². The number of halogens is 1. The molecule has 0 radical (unpaired) electrons. The zero-order valence-corrected chi connectivity index (χ0v) is 18.9. The van der Waals surface area contributed by atoms with Gasteiger partial charge in [-0.25, -0.2) is 4.68 Å². The summed E-state index contributed by atoms with van der Waals surface area (Å²) in [5.74, 6) is 0.635. The maximum Gasteiger partial charge on any atom is 0.256 e. The molecule has 0 spiro atoms. The Morgan fingerprint density at radius 3 is 2.39 bits per heavy atom. The largest absolute Gasteiger partial charge is 0.348 e. The smallest absolute Gasteiger partial charge is 0.256 e. The molecule has 4 rings (SSSR count). The topological polar surface area (TPSA) is 50.2 Å². The third-order valence-electron chi connectivity index (χ3n) is 5.99. The summed E-state index contributed by atoms with van der Waals surface area (Å²) in [5.41, 5.74) is 4.23. The van der Waals surface area contributed by atoms with Crippen molar-refractivity contribution in [3.63, 3.8) is 0 Å². The van der Waals surface area contributed by atoms with Gasteiger partial charge >= 0.3 is 0 Å². The molecule has 0 aliphatic carbocycles. The molecule has 1 saturated heterocycles. The van der Waals surface area contributed by atoms with Gasteiger partial charge in [0.15, 0.2) is 0 Å². The summed E-state index contributed by atoms with van der Waals surface area (Å²) in [7, 11) is 0. The lowest BCUT2D eigenvalue weighted by Crippen LogP contribution is -2.32. The van der Waals surface area contributed by atoms with Gasteiger partial charge in [-0.1, -0.05) is 61.0 Å². The molecule has 3 aromatic rings. The number of carbonyl (C=O) groups excluding carboxylic acids is 1. The highest BCUT2D eigenvalue weighted by Crippen LogP contribution is 2.23. The minimum absolute atomic E-state index is 0.212. The van der Waals surface area contributed by atoms with Gasteiger partial charge in [-0.3, -0.25) is 9.69 Å². The highest BCUT2D eigenvalue weighted by atomic mass is 35.5. The van der Waals surface area contributed by atoms with E-state index in [1.807, 2.05) is 30.3 Å². The molecule has 31 heavy (non-hydrogen) atoms. The number of nitrogens with zero attached hydrogens (tertiary/aromatic N) is 3. The zero-order valence-electron chi connectivity index (χ0n) is 18.1.